The number of hydrogen-bond donors (Lipinski definition) is 3. The Bertz CT molecular complexity index is 1570. The number of aliphatic carboxylic acids is 1. The van der Waals surface area contributed by atoms with Crippen LogP contribution in [0.4, 0.5) is 5.82 Å². The van der Waals surface area contributed by atoms with Crippen molar-refractivity contribution >= 4 is 40.5 Å². The van der Waals surface area contributed by atoms with E-state index in [4.69, 9.17) is 26.6 Å². The van der Waals surface area contributed by atoms with Crippen molar-refractivity contribution in [3.05, 3.63) is 51.9 Å². The van der Waals surface area contributed by atoms with Crippen LogP contribution in [0, 0.1) is 0 Å². The van der Waals surface area contributed by atoms with E-state index in [2.05, 4.69) is 35.2 Å². The summed E-state index contributed by atoms with van der Waals surface area (Å²) in [5, 5.41) is 27.2. The molecule has 1 amide bonds. The van der Waals surface area contributed by atoms with Gasteiger partial charge in [0.05, 0.1) is 6.33 Å². The molecule has 3 fully saturated rings. The van der Waals surface area contributed by atoms with E-state index < -0.39 is 30.4 Å². The summed E-state index contributed by atoms with van der Waals surface area (Å²) in [4.78, 5) is 44.2. The number of benzene rings is 1. The summed E-state index contributed by atoms with van der Waals surface area (Å²) in [6, 6.07) is 4.46. The molecule has 16 nitrogen and oxygen atoms in total. The molecule has 4 atom stereocenters. The summed E-state index contributed by atoms with van der Waals surface area (Å²) in [7, 11) is 0. The van der Waals surface area contributed by atoms with Gasteiger partial charge in [0, 0.05) is 54.3 Å². The standard InChI is InChI=1S/C26H29ClN10O6/c27-15-1-4-17(42-11-18(38)36-7-5-35(6-8-36)16-2-3-16)14(9-15)10-29-23-20-24(31-12-30-23)37(13-32-20)25-21(39)19(33-34-28)22(43-25)26(40)41/h1,4,9,12-13,16,19,21-22,25,39H,2-3,5-8,10-11H2,(H,40,41)(H,29,30,31). The number of carbonyl (C=O) groups excluding carboxylic acids is 1. The molecule has 6 rings (SSSR count). The van der Waals surface area contributed by atoms with Crippen LogP contribution < -0.4 is 10.1 Å². The average molecular weight is 613 g/mol. The first-order chi connectivity index (χ1) is 20.8. The van der Waals surface area contributed by atoms with Crippen molar-refractivity contribution in [2.24, 2.45) is 5.11 Å². The molecule has 4 unspecified atom stereocenters. The second kappa shape index (κ2) is 12.2. The quantitative estimate of drug-likeness (QED) is 0.171. The maximum Gasteiger partial charge on any atom is 0.333 e. The van der Waals surface area contributed by atoms with E-state index in [0.29, 0.717) is 46.8 Å². The van der Waals surface area contributed by atoms with E-state index >= 15 is 0 Å². The zero-order chi connectivity index (χ0) is 30.1. The fraction of sp³-hybridized carbons (Fsp3) is 0.500. The lowest BCUT2D eigenvalue weighted by molar-refractivity contribution is -0.152. The number of aromatic nitrogens is 4. The number of carbonyl (C=O) groups is 2. The number of aliphatic hydroxyl groups is 1. The lowest BCUT2D eigenvalue weighted by Gasteiger charge is -2.34. The number of imidazole rings is 1. The van der Waals surface area contributed by atoms with E-state index in [1.54, 1.807) is 18.2 Å². The Morgan fingerprint density at radius 1 is 1.21 bits per heavy atom. The number of carboxylic acids is 1. The van der Waals surface area contributed by atoms with Gasteiger partial charge in [-0.25, -0.2) is 19.7 Å². The highest BCUT2D eigenvalue weighted by Crippen LogP contribution is 2.34. The summed E-state index contributed by atoms with van der Waals surface area (Å²) in [5.74, 6) is -0.619. The molecular weight excluding hydrogens is 584 g/mol. The summed E-state index contributed by atoms with van der Waals surface area (Å²) in [6.07, 6.45) is 0.881. The summed E-state index contributed by atoms with van der Waals surface area (Å²) >= 11 is 6.27. The summed E-state index contributed by atoms with van der Waals surface area (Å²) < 4.78 is 12.8. The molecule has 2 aliphatic heterocycles. The molecule has 226 valence electrons. The van der Waals surface area contributed by atoms with Gasteiger partial charge >= 0.3 is 5.97 Å². The molecule has 2 aromatic heterocycles. The van der Waals surface area contributed by atoms with E-state index in [1.807, 2.05) is 4.90 Å². The number of azide groups is 1. The molecule has 3 N–H and O–H groups in total. The SMILES string of the molecule is [N-]=[N+]=NC1C(C(=O)O)OC(n2cnc3c(NCc4cc(Cl)ccc4OCC(=O)N4CCN(C5CC5)CC4)ncnc32)C1O. The molecule has 4 heterocycles. The number of nitrogens with one attached hydrogen (secondary N) is 1. The Kier molecular flexibility index (Phi) is 8.19. The Hall–Kier alpha value is -4.21. The number of aliphatic hydroxyl groups excluding tert-OH is 1. The number of hydrogen-bond acceptors (Lipinski definition) is 11. The number of rotatable bonds is 10. The number of amides is 1. The predicted octanol–water partition coefficient (Wildman–Crippen LogP) is 1.80. The molecule has 17 heteroatoms. The van der Waals surface area contributed by atoms with E-state index in [1.165, 1.54) is 30.1 Å². The molecule has 3 aliphatic rings. The molecule has 1 aromatic carbocycles. The normalized spacial score (nSPS) is 24.1. The maximum atomic E-state index is 12.8. The molecule has 0 spiro atoms. The minimum atomic E-state index is -1.55. The molecule has 1 saturated carbocycles. The minimum absolute atomic E-state index is 0.0727. The van der Waals surface area contributed by atoms with Crippen LogP contribution in [0.1, 0.15) is 24.6 Å². The number of ether oxygens (including phenoxy) is 2. The highest BCUT2D eigenvalue weighted by molar-refractivity contribution is 6.30. The van der Waals surface area contributed by atoms with Crippen molar-refractivity contribution in [1.82, 2.24) is 29.3 Å². The zero-order valence-corrected chi connectivity index (χ0v) is 23.6. The van der Waals surface area contributed by atoms with E-state index in [0.717, 1.165) is 13.1 Å². The predicted molar refractivity (Wildman–Crippen MR) is 151 cm³/mol. The third-order valence-corrected chi connectivity index (χ3v) is 8.08. The largest absolute Gasteiger partial charge is 0.483 e. The van der Waals surface area contributed by atoms with Crippen LogP contribution in [0.3, 0.4) is 0 Å². The lowest BCUT2D eigenvalue weighted by atomic mass is 10.1. The molecule has 0 radical (unpaired) electrons. The number of carboxylic acid groups (broad SMARTS) is 1. The number of anilines is 1. The third-order valence-electron chi connectivity index (χ3n) is 7.85. The Balaban J connectivity index is 1.14. The van der Waals surface area contributed by atoms with Crippen molar-refractivity contribution in [3.63, 3.8) is 0 Å². The van der Waals surface area contributed by atoms with Gasteiger partial charge in [-0.15, -0.1) is 0 Å². The van der Waals surface area contributed by atoms with Gasteiger partial charge in [-0.2, -0.15) is 0 Å². The first-order valence-corrected chi connectivity index (χ1v) is 14.2. The first kappa shape index (κ1) is 28.9. The number of piperazine rings is 1. The van der Waals surface area contributed by atoms with E-state index in [-0.39, 0.29) is 24.7 Å². The van der Waals surface area contributed by atoms with Crippen molar-refractivity contribution in [3.8, 4) is 5.75 Å². The van der Waals surface area contributed by atoms with Crippen molar-refractivity contribution in [2.45, 2.75) is 49.9 Å². The van der Waals surface area contributed by atoms with Crippen molar-refractivity contribution in [2.75, 3.05) is 38.1 Å². The highest BCUT2D eigenvalue weighted by Gasteiger charge is 2.48. The van der Waals surface area contributed by atoms with Crippen LogP contribution >= 0.6 is 11.6 Å². The van der Waals surface area contributed by atoms with E-state index in [9.17, 15) is 19.8 Å². The van der Waals surface area contributed by atoms with Crippen molar-refractivity contribution < 1.29 is 29.3 Å². The second-order valence-corrected chi connectivity index (χ2v) is 11.0. The van der Waals surface area contributed by atoms with Gasteiger partial charge in [-0.1, -0.05) is 16.7 Å². The zero-order valence-electron chi connectivity index (χ0n) is 22.9. The molecular formula is C26H29ClN10O6. The molecule has 3 aromatic rings. The summed E-state index contributed by atoms with van der Waals surface area (Å²) in [6.45, 7) is 3.27. The second-order valence-electron chi connectivity index (χ2n) is 10.6. The monoisotopic (exact) mass is 612 g/mol. The van der Waals surface area contributed by atoms with Crippen LogP contribution in [0.15, 0.2) is 36.0 Å². The number of nitrogens with zero attached hydrogens (tertiary/aromatic N) is 9. The Morgan fingerprint density at radius 3 is 2.72 bits per heavy atom. The van der Waals surface area contributed by atoms with Gasteiger partial charge < -0.3 is 29.9 Å². The average Bonchev–Trinajstić information content (AvgIpc) is 3.69. The van der Waals surface area contributed by atoms with Gasteiger partial charge in [-0.05, 0) is 36.6 Å². The van der Waals surface area contributed by atoms with Crippen LogP contribution in [0.25, 0.3) is 21.6 Å². The number of fused-ring (bicyclic) bond motifs is 1. The van der Waals surface area contributed by atoms with Gasteiger partial charge in [0.2, 0.25) is 0 Å². The summed E-state index contributed by atoms with van der Waals surface area (Å²) in [5.41, 5.74) is 10.1. The van der Waals surface area contributed by atoms with Crippen LogP contribution in [0.2, 0.25) is 5.02 Å². The Labute approximate surface area is 249 Å². The van der Waals surface area contributed by atoms with Gasteiger partial charge in [0.15, 0.2) is 35.9 Å². The minimum Gasteiger partial charge on any atom is -0.483 e. The first-order valence-electron chi connectivity index (χ1n) is 13.8. The van der Waals surface area contributed by atoms with Crippen molar-refractivity contribution in [1.29, 1.82) is 0 Å². The van der Waals surface area contributed by atoms with Crippen LogP contribution in [-0.4, -0.2) is 108 Å². The molecule has 0 bridgehead atoms. The fourth-order valence-electron chi connectivity index (χ4n) is 5.46. The smallest absolute Gasteiger partial charge is 0.333 e. The molecule has 43 heavy (non-hydrogen) atoms. The highest BCUT2D eigenvalue weighted by atomic mass is 35.5. The van der Waals surface area contributed by atoms with Crippen LogP contribution in [0.5, 0.6) is 5.75 Å². The van der Waals surface area contributed by atoms with Gasteiger partial charge in [0.1, 0.15) is 24.2 Å². The van der Waals surface area contributed by atoms with Crippen LogP contribution in [-0.2, 0) is 20.9 Å². The topological polar surface area (TPSA) is 204 Å². The molecule has 2 saturated heterocycles. The number of halogens is 1. The Morgan fingerprint density at radius 2 is 2.00 bits per heavy atom. The lowest BCUT2D eigenvalue weighted by Crippen LogP contribution is -2.50. The van der Waals surface area contributed by atoms with Gasteiger partial charge in [-0.3, -0.25) is 14.3 Å². The third kappa shape index (κ3) is 6.00. The molecule has 1 aliphatic carbocycles. The fourth-order valence-corrected chi connectivity index (χ4v) is 5.66. The van der Waals surface area contributed by atoms with Gasteiger partial charge in [0.25, 0.3) is 5.91 Å². The maximum absolute atomic E-state index is 12.8.